The third kappa shape index (κ3) is 6.01. The molecule has 0 radical (unpaired) electrons. The Morgan fingerprint density at radius 1 is 1.32 bits per heavy atom. The van der Waals surface area contributed by atoms with E-state index in [2.05, 4.69) is 48.0 Å². The van der Waals surface area contributed by atoms with Crippen LogP contribution in [0.25, 0.3) is 0 Å². The topological polar surface area (TPSA) is 41.1 Å². The Morgan fingerprint density at radius 2 is 2.05 bits per heavy atom. The first-order valence-corrected chi connectivity index (χ1v) is 7.32. The van der Waals surface area contributed by atoms with Gasteiger partial charge in [-0.1, -0.05) is 27.2 Å². The molecular weight excluding hydrogens is 236 g/mol. The molecule has 0 aromatic carbocycles. The van der Waals surface area contributed by atoms with Crippen LogP contribution >= 0.6 is 0 Å². The summed E-state index contributed by atoms with van der Waals surface area (Å²) >= 11 is 0. The number of nitrogens with zero attached hydrogens (tertiary/aromatic N) is 3. The van der Waals surface area contributed by atoms with Gasteiger partial charge in [-0.05, 0) is 26.3 Å². The van der Waals surface area contributed by atoms with E-state index >= 15 is 0 Å². The quantitative estimate of drug-likeness (QED) is 0.783. The number of aryl methyl sites for hydroxylation is 1. The van der Waals surface area contributed by atoms with Crippen molar-refractivity contribution in [1.82, 2.24) is 14.9 Å². The van der Waals surface area contributed by atoms with Gasteiger partial charge in [0.1, 0.15) is 11.6 Å². The zero-order valence-electron chi connectivity index (χ0n) is 13.0. The number of anilines is 1. The van der Waals surface area contributed by atoms with E-state index in [1.807, 2.05) is 13.0 Å². The van der Waals surface area contributed by atoms with Crippen LogP contribution < -0.4 is 5.32 Å². The molecule has 108 valence electrons. The molecule has 1 N–H and O–H groups in total. The van der Waals surface area contributed by atoms with Gasteiger partial charge in [-0.25, -0.2) is 9.97 Å². The van der Waals surface area contributed by atoms with Crippen molar-refractivity contribution in [1.29, 1.82) is 0 Å². The lowest BCUT2D eigenvalue weighted by atomic mass is 10.1. The van der Waals surface area contributed by atoms with Crippen LogP contribution in [-0.4, -0.2) is 35.0 Å². The van der Waals surface area contributed by atoms with E-state index in [0.29, 0.717) is 5.92 Å². The van der Waals surface area contributed by atoms with Crippen LogP contribution in [0.3, 0.4) is 0 Å². The molecule has 1 heterocycles. The molecule has 0 amide bonds. The summed E-state index contributed by atoms with van der Waals surface area (Å²) in [6.07, 6.45) is 2.31. The van der Waals surface area contributed by atoms with Crippen LogP contribution in [0.1, 0.15) is 45.1 Å². The molecule has 0 bridgehead atoms. The zero-order chi connectivity index (χ0) is 14.3. The summed E-state index contributed by atoms with van der Waals surface area (Å²) in [5.41, 5.74) is 1.03. The zero-order valence-corrected chi connectivity index (χ0v) is 13.0. The molecule has 1 aromatic rings. The Bertz CT molecular complexity index is 378. The maximum absolute atomic E-state index is 4.58. The van der Waals surface area contributed by atoms with Crippen molar-refractivity contribution < 1.29 is 0 Å². The van der Waals surface area contributed by atoms with Crippen LogP contribution in [0, 0.1) is 12.8 Å². The summed E-state index contributed by atoms with van der Waals surface area (Å²) in [5.74, 6) is 2.57. The molecule has 19 heavy (non-hydrogen) atoms. The maximum atomic E-state index is 4.58. The third-order valence-electron chi connectivity index (χ3n) is 3.19. The monoisotopic (exact) mass is 264 g/mol. The van der Waals surface area contributed by atoms with Gasteiger partial charge < -0.3 is 5.32 Å². The second kappa shape index (κ2) is 8.10. The van der Waals surface area contributed by atoms with Gasteiger partial charge in [-0.3, -0.25) is 4.90 Å². The van der Waals surface area contributed by atoms with Crippen LogP contribution in [0.4, 0.5) is 5.82 Å². The van der Waals surface area contributed by atoms with Gasteiger partial charge in [0.2, 0.25) is 0 Å². The van der Waals surface area contributed by atoms with Crippen molar-refractivity contribution in [2.75, 3.05) is 25.5 Å². The molecule has 4 heteroatoms. The standard InChI is InChI=1S/C15H28N4/c1-6-8-16-14-9-13(4)17-15(18-14)11-19(5)10-12(3)7-2/h9,12H,6-8,10-11H2,1-5H3,(H,16,17,18). The Morgan fingerprint density at radius 3 is 2.68 bits per heavy atom. The Kier molecular flexibility index (Phi) is 6.78. The minimum atomic E-state index is 0.715. The number of nitrogens with one attached hydrogen (secondary N) is 1. The molecule has 0 spiro atoms. The van der Waals surface area contributed by atoms with Crippen molar-refractivity contribution in [3.05, 3.63) is 17.6 Å². The molecule has 0 aliphatic heterocycles. The van der Waals surface area contributed by atoms with E-state index in [4.69, 9.17) is 0 Å². The van der Waals surface area contributed by atoms with E-state index in [9.17, 15) is 0 Å². The second-order valence-corrected chi connectivity index (χ2v) is 5.45. The summed E-state index contributed by atoms with van der Waals surface area (Å²) in [4.78, 5) is 11.4. The molecule has 1 rings (SSSR count). The summed E-state index contributed by atoms with van der Waals surface area (Å²) in [6, 6.07) is 2.01. The second-order valence-electron chi connectivity index (χ2n) is 5.45. The highest BCUT2D eigenvalue weighted by Gasteiger charge is 2.08. The first-order valence-electron chi connectivity index (χ1n) is 7.32. The predicted molar refractivity (Wildman–Crippen MR) is 81.3 cm³/mol. The molecular formula is C15H28N4. The number of aromatic nitrogens is 2. The first kappa shape index (κ1) is 15.9. The van der Waals surface area contributed by atoms with Crippen LogP contribution in [0.5, 0.6) is 0 Å². The van der Waals surface area contributed by atoms with Crippen molar-refractivity contribution in [2.45, 2.75) is 47.1 Å². The highest BCUT2D eigenvalue weighted by atomic mass is 15.1. The van der Waals surface area contributed by atoms with Gasteiger partial charge in [0.15, 0.2) is 0 Å². The molecule has 0 saturated heterocycles. The van der Waals surface area contributed by atoms with Crippen molar-refractivity contribution >= 4 is 5.82 Å². The van der Waals surface area contributed by atoms with Crippen molar-refractivity contribution in [2.24, 2.45) is 5.92 Å². The number of rotatable bonds is 8. The number of hydrogen-bond acceptors (Lipinski definition) is 4. The third-order valence-corrected chi connectivity index (χ3v) is 3.19. The van der Waals surface area contributed by atoms with E-state index in [-0.39, 0.29) is 0 Å². The molecule has 4 nitrogen and oxygen atoms in total. The van der Waals surface area contributed by atoms with Gasteiger partial charge in [0.05, 0.1) is 6.54 Å². The number of hydrogen-bond donors (Lipinski definition) is 1. The SMILES string of the molecule is CCCNc1cc(C)nc(CN(C)CC(C)CC)n1. The largest absolute Gasteiger partial charge is 0.370 e. The lowest BCUT2D eigenvalue weighted by molar-refractivity contribution is 0.269. The normalized spacial score (nSPS) is 12.7. The Hall–Kier alpha value is -1.16. The molecule has 0 saturated carbocycles. The van der Waals surface area contributed by atoms with E-state index in [1.165, 1.54) is 6.42 Å². The minimum Gasteiger partial charge on any atom is -0.370 e. The smallest absolute Gasteiger partial charge is 0.144 e. The van der Waals surface area contributed by atoms with E-state index in [1.54, 1.807) is 0 Å². The highest BCUT2D eigenvalue weighted by Crippen LogP contribution is 2.09. The molecule has 1 aromatic heterocycles. The fraction of sp³-hybridized carbons (Fsp3) is 0.733. The van der Waals surface area contributed by atoms with Crippen LogP contribution in [0.2, 0.25) is 0 Å². The summed E-state index contributed by atoms with van der Waals surface area (Å²) in [7, 11) is 2.14. The molecule has 1 atom stereocenters. The average Bonchev–Trinajstić information content (AvgIpc) is 2.35. The van der Waals surface area contributed by atoms with Crippen molar-refractivity contribution in [3.8, 4) is 0 Å². The highest BCUT2D eigenvalue weighted by molar-refractivity contribution is 5.35. The average molecular weight is 264 g/mol. The van der Waals surface area contributed by atoms with Gasteiger partial charge in [0, 0.05) is 24.8 Å². The molecule has 0 fully saturated rings. The molecule has 0 aliphatic carbocycles. The van der Waals surface area contributed by atoms with Gasteiger partial charge in [-0.2, -0.15) is 0 Å². The summed E-state index contributed by atoms with van der Waals surface area (Å²) in [6.45, 7) is 11.5. The molecule has 1 unspecified atom stereocenters. The lowest BCUT2D eigenvalue weighted by Crippen LogP contribution is -2.25. The first-order chi connectivity index (χ1) is 9.05. The summed E-state index contributed by atoms with van der Waals surface area (Å²) in [5, 5.41) is 3.33. The minimum absolute atomic E-state index is 0.715. The van der Waals surface area contributed by atoms with Crippen LogP contribution in [-0.2, 0) is 6.54 Å². The molecule has 0 aliphatic rings. The van der Waals surface area contributed by atoms with Crippen LogP contribution in [0.15, 0.2) is 6.07 Å². The maximum Gasteiger partial charge on any atom is 0.144 e. The van der Waals surface area contributed by atoms with Gasteiger partial charge >= 0.3 is 0 Å². The lowest BCUT2D eigenvalue weighted by Gasteiger charge is -2.20. The Labute approximate surface area is 117 Å². The van der Waals surface area contributed by atoms with E-state index in [0.717, 1.165) is 43.4 Å². The van der Waals surface area contributed by atoms with Gasteiger partial charge in [0.25, 0.3) is 0 Å². The Balaban J connectivity index is 2.64. The summed E-state index contributed by atoms with van der Waals surface area (Å²) < 4.78 is 0. The van der Waals surface area contributed by atoms with Crippen molar-refractivity contribution in [3.63, 3.8) is 0 Å². The fourth-order valence-corrected chi connectivity index (χ4v) is 2.01. The fourth-order valence-electron chi connectivity index (χ4n) is 2.01. The van der Waals surface area contributed by atoms with Gasteiger partial charge in [-0.15, -0.1) is 0 Å². The van der Waals surface area contributed by atoms with E-state index < -0.39 is 0 Å². The predicted octanol–water partition coefficient (Wildman–Crippen LogP) is 3.08.